The van der Waals surface area contributed by atoms with Crippen LogP contribution in [-0.2, 0) is 16.4 Å². The summed E-state index contributed by atoms with van der Waals surface area (Å²) in [5.41, 5.74) is 2.56. The Morgan fingerprint density at radius 2 is 1.84 bits per heavy atom. The number of hydrogen-bond donors (Lipinski definition) is 2. The zero-order valence-corrected chi connectivity index (χ0v) is 18.0. The third-order valence-electron chi connectivity index (χ3n) is 4.51. The van der Waals surface area contributed by atoms with Crippen molar-refractivity contribution in [2.24, 2.45) is 5.14 Å². The quantitative estimate of drug-likeness (QED) is 0.460. The van der Waals surface area contributed by atoms with Crippen molar-refractivity contribution in [3.05, 3.63) is 82.6 Å². The summed E-state index contributed by atoms with van der Waals surface area (Å²) in [7, 11) is -3.72. The average molecular weight is 455 g/mol. The van der Waals surface area contributed by atoms with E-state index in [0.29, 0.717) is 17.2 Å². The van der Waals surface area contributed by atoms with Gasteiger partial charge < -0.3 is 0 Å². The lowest BCUT2D eigenvalue weighted by Gasteiger charge is -2.03. The molecule has 0 aliphatic rings. The molecular formula is C20H18N6O3S2. The van der Waals surface area contributed by atoms with E-state index in [1.807, 2.05) is 30.3 Å². The van der Waals surface area contributed by atoms with Crippen LogP contribution in [0.2, 0.25) is 0 Å². The molecule has 0 bridgehead atoms. The maximum absolute atomic E-state index is 12.6. The van der Waals surface area contributed by atoms with Gasteiger partial charge in [-0.2, -0.15) is 0 Å². The molecule has 0 spiro atoms. The van der Waals surface area contributed by atoms with Gasteiger partial charge >= 0.3 is 0 Å². The number of rotatable bonds is 6. The number of para-hydroxylation sites is 1. The molecule has 0 aliphatic carbocycles. The molecule has 4 rings (SSSR count). The number of nitrogens with one attached hydrogen (secondary N) is 1. The van der Waals surface area contributed by atoms with E-state index in [1.165, 1.54) is 23.5 Å². The number of amides is 1. The van der Waals surface area contributed by atoms with Gasteiger partial charge in [0, 0.05) is 17.5 Å². The Morgan fingerprint density at radius 3 is 2.52 bits per heavy atom. The second kappa shape index (κ2) is 8.38. The van der Waals surface area contributed by atoms with Gasteiger partial charge in [-0.3, -0.25) is 10.1 Å². The van der Waals surface area contributed by atoms with Crippen LogP contribution in [0, 0.1) is 6.92 Å². The Balaban J connectivity index is 1.45. The van der Waals surface area contributed by atoms with Gasteiger partial charge in [-0.15, -0.1) is 16.4 Å². The number of anilines is 1. The number of thiazole rings is 1. The molecule has 0 radical (unpaired) electrons. The molecule has 0 atom stereocenters. The third kappa shape index (κ3) is 4.68. The molecule has 2 aromatic carbocycles. The van der Waals surface area contributed by atoms with Crippen molar-refractivity contribution in [3.8, 4) is 5.69 Å². The minimum atomic E-state index is -3.72. The highest BCUT2D eigenvalue weighted by molar-refractivity contribution is 7.89. The van der Waals surface area contributed by atoms with Gasteiger partial charge in [0.2, 0.25) is 10.0 Å². The summed E-state index contributed by atoms with van der Waals surface area (Å²) in [6.07, 6.45) is 2.21. The Bertz CT molecular complexity index is 1330. The SMILES string of the molecule is Cc1c(C(=O)Nc2ncc(Cc3ccc(S(N)(=O)=O)cc3)s2)nnn1-c1ccccc1. The first-order valence-electron chi connectivity index (χ1n) is 9.17. The lowest BCUT2D eigenvalue weighted by molar-refractivity contribution is 0.102. The lowest BCUT2D eigenvalue weighted by Crippen LogP contribution is -2.14. The monoisotopic (exact) mass is 454 g/mol. The number of carbonyl (C=O) groups excluding carboxylic acids is 1. The van der Waals surface area contributed by atoms with E-state index in [2.05, 4.69) is 20.6 Å². The molecule has 11 heteroatoms. The molecule has 0 unspecified atom stereocenters. The zero-order valence-electron chi connectivity index (χ0n) is 16.4. The molecule has 31 heavy (non-hydrogen) atoms. The van der Waals surface area contributed by atoms with Crippen molar-refractivity contribution in [1.82, 2.24) is 20.0 Å². The molecule has 158 valence electrons. The van der Waals surface area contributed by atoms with Crippen LogP contribution in [0.3, 0.4) is 0 Å². The van der Waals surface area contributed by atoms with E-state index in [9.17, 15) is 13.2 Å². The topological polar surface area (TPSA) is 133 Å². The molecule has 2 aromatic heterocycles. The van der Waals surface area contributed by atoms with Crippen LogP contribution in [-0.4, -0.2) is 34.3 Å². The summed E-state index contributed by atoms with van der Waals surface area (Å²) >= 11 is 1.33. The van der Waals surface area contributed by atoms with Crippen molar-refractivity contribution in [3.63, 3.8) is 0 Å². The summed E-state index contributed by atoms with van der Waals surface area (Å²) in [6, 6.07) is 15.8. The van der Waals surface area contributed by atoms with E-state index in [0.717, 1.165) is 16.1 Å². The summed E-state index contributed by atoms with van der Waals surface area (Å²) in [4.78, 5) is 17.9. The molecule has 9 nitrogen and oxygen atoms in total. The maximum atomic E-state index is 12.6. The van der Waals surface area contributed by atoms with Gasteiger partial charge in [0.15, 0.2) is 10.8 Å². The van der Waals surface area contributed by atoms with Gasteiger partial charge in [0.05, 0.1) is 16.3 Å². The number of sulfonamides is 1. The first-order chi connectivity index (χ1) is 14.8. The number of benzene rings is 2. The van der Waals surface area contributed by atoms with Crippen molar-refractivity contribution in [2.75, 3.05) is 5.32 Å². The van der Waals surface area contributed by atoms with Crippen molar-refractivity contribution >= 4 is 32.4 Å². The summed E-state index contributed by atoms with van der Waals surface area (Å²) in [6.45, 7) is 1.78. The minimum Gasteiger partial charge on any atom is -0.296 e. The van der Waals surface area contributed by atoms with E-state index < -0.39 is 15.9 Å². The highest BCUT2D eigenvalue weighted by atomic mass is 32.2. The van der Waals surface area contributed by atoms with Gasteiger partial charge in [0.1, 0.15) is 0 Å². The Morgan fingerprint density at radius 1 is 1.13 bits per heavy atom. The fraction of sp³-hybridized carbons (Fsp3) is 0.100. The molecule has 0 saturated carbocycles. The number of carbonyl (C=O) groups is 1. The predicted molar refractivity (Wildman–Crippen MR) is 117 cm³/mol. The molecule has 2 heterocycles. The Labute approximate surface area is 182 Å². The molecular weight excluding hydrogens is 436 g/mol. The standard InChI is InChI=1S/C20H18N6O3S2/c1-13-18(24-25-26(13)15-5-3-2-4-6-15)19(27)23-20-22-12-16(30-20)11-14-7-9-17(10-8-14)31(21,28)29/h2-10,12H,11H2,1H3,(H2,21,28,29)(H,22,23,27). The fourth-order valence-electron chi connectivity index (χ4n) is 2.95. The lowest BCUT2D eigenvalue weighted by atomic mass is 10.1. The number of primary sulfonamides is 1. The molecule has 0 saturated heterocycles. The maximum Gasteiger partial charge on any atom is 0.279 e. The van der Waals surface area contributed by atoms with Crippen molar-refractivity contribution in [2.45, 2.75) is 18.2 Å². The Kier molecular flexibility index (Phi) is 5.63. The number of hydrogen-bond acceptors (Lipinski definition) is 7. The predicted octanol–water partition coefficient (Wildman–Crippen LogP) is 2.52. The summed E-state index contributed by atoms with van der Waals surface area (Å²) in [5, 5.41) is 16.4. The molecule has 1 amide bonds. The van der Waals surface area contributed by atoms with E-state index >= 15 is 0 Å². The zero-order chi connectivity index (χ0) is 22.0. The van der Waals surface area contributed by atoms with Crippen molar-refractivity contribution in [1.29, 1.82) is 0 Å². The molecule has 4 aromatic rings. The van der Waals surface area contributed by atoms with Crippen LogP contribution in [0.5, 0.6) is 0 Å². The smallest absolute Gasteiger partial charge is 0.279 e. The Hall–Kier alpha value is -3.41. The first-order valence-corrected chi connectivity index (χ1v) is 11.5. The van der Waals surface area contributed by atoms with E-state index in [4.69, 9.17) is 5.14 Å². The van der Waals surface area contributed by atoms with Crippen LogP contribution >= 0.6 is 11.3 Å². The average Bonchev–Trinajstić information content (AvgIpc) is 3.34. The number of nitrogens with zero attached hydrogens (tertiary/aromatic N) is 4. The number of aromatic nitrogens is 4. The summed E-state index contributed by atoms with van der Waals surface area (Å²) in [5.74, 6) is -0.391. The van der Waals surface area contributed by atoms with Crippen LogP contribution in [0.15, 0.2) is 65.7 Å². The van der Waals surface area contributed by atoms with Crippen molar-refractivity contribution < 1.29 is 13.2 Å². The minimum absolute atomic E-state index is 0.0624. The normalized spacial score (nSPS) is 11.4. The fourth-order valence-corrected chi connectivity index (χ4v) is 4.31. The van der Waals surface area contributed by atoms with Gasteiger partial charge in [-0.25, -0.2) is 23.2 Å². The van der Waals surface area contributed by atoms with E-state index in [1.54, 1.807) is 29.9 Å². The van der Waals surface area contributed by atoms with Gasteiger partial charge in [-0.1, -0.05) is 35.5 Å². The third-order valence-corrected chi connectivity index (χ3v) is 6.36. The van der Waals surface area contributed by atoms with Crippen LogP contribution in [0.25, 0.3) is 5.69 Å². The van der Waals surface area contributed by atoms with Gasteiger partial charge in [0.25, 0.3) is 5.91 Å². The highest BCUT2D eigenvalue weighted by Gasteiger charge is 2.18. The second-order valence-electron chi connectivity index (χ2n) is 6.72. The molecule has 3 N–H and O–H groups in total. The van der Waals surface area contributed by atoms with Gasteiger partial charge in [-0.05, 0) is 36.8 Å². The number of nitrogens with two attached hydrogens (primary N) is 1. The van der Waals surface area contributed by atoms with Crippen LogP contribution in [0.4, 0.5) is 5.13 Å². The molecule has 0 aliphatic heterocycles. The van der Waals surface area contributed by atoms with E-state index in [-0.39, 0.29) is 10.6 Å². The first kappa shape index (κ1) is 20.8. The second-order valence-corrected chi connectivity index (χ2v) is 9.40. The van der Waals surface area contributed by atoms with Crippen LogP contribution in [0.1, 0.15) is 26.6 Å². The van der Waals surface area contributed by atoms with Crippen LogP contribution < -0.4 is 10.5 Å². The highest BCUT2D eigenvalue weighted by Crippen LogP contribution is 2.23. The largest absolute Gasteiger partial charge is 0.296 e. The summed E-state index contributed by atoms with van der Waals surface area (Å²) < 4.78 is 24.3. The molecule has 0 fully saturated rings.